The van der Waals surface area contributed by atoms with Crippen LogP contribution in [0.1, 0.15) is 66.7 Å². The lowest BCUT2D eigenvalue weighted by atomic mass is 9.84. The lowest BCUT2D eigenvalue weighted by Crippen LogP contribution is -2.42. The van der Waals surface area contributed by atoms with Crippen LogP contribution in [0, 0.1) is 17.3 Å². The van der Waals surface area contributed by atoms with E-state index in [1.54, 1.807) is 0 Å². The van der Waals surface area contributed by atoms with Crippen LogP contribution in [-0.4, -0.2) is 30.6 Å². The van der Waals surface area contributed by atoms with Gasteiger partial charge < -0.3 is 5.73 Å². The van der Waals surface area contributed by atoms with Gasteiger partial charge in [0.05, 0.1) is 0 Å². The molecule has 0 aromatic heterocycles. The highest BCUT2D eigenvalue weighted by Crippen LogP contribution is 2.28. The molecule has 1 atom stereocenters. The predicted octanol–water partition coefficient (Wildman–Crippen LogP) is 3.90. The molecule has 1 rings (SSSR count). The first-order valence-electron chi connectivity index (χ1n) is 8.26. The van der Waals surface area contributed by atoms with E-state index in [2.05, 4.69) is 39.5 Å². The second-order valence-corrected chi connectivity index (χ2v) is 8.15. The molecule has 2 heteroatoms. The SMILES string of the molecule is CC(C)CN(CC(CN)CC(C)(C)C)C1CCCC1. The summed E-state index contributed by atoms with van der Waals surface area (Å²) in [5.41, 5.74) is 6.42. The van der Waals surface area contributed by atoms with Crippen molar-refractivity contribution in [3.05, 3.63) is 0 Å². The Kier molecular flexibility index (Phi) is 6.82. The maximum atomic E-state index is 6.03. The Bertz CT molecular complexity index is 236. The van der Waals surface area contributed by atoms with E-state index in [4.69, 9.17) is 5.73 Å². The van der Waals surface area contributed by atoms with Gasteiger partial charge in [-0.25, -0.2) is 0 Å². The van der Waals surface area contributed by atoms with Crippen molar-refractivity contribution in [1.29, 1.82) is 0 Å². The quantitative estimate of drug-likeness (QED) is 0.759. The fraction of sp³-hybridized carbons (Fsp3) is 1.00. The van der Waals surface area contributed by atoms with Crippen molar-refractivity contribution in [2.24, 2.45) is 23.0 Å². The highest BCUT2D eigenvalue weighted by molar-refractivity contribution is 4.81. The molecule has 1 aliphatic carbocycles. The Morgan fingerprint density at radius 1 is 1.11 bits per heavy atom. The minimum absolute atomic E-state index is 0.392. The number of hydrogen-bond donors (Lipinski definition) is 1. The van der Waals surface area contributed by atoms with Gasteiger partial charge in [-0.3, -0.25) is 4.90 Å². The van der Waals surface area contributed by atoms with Gasteiger partial charge in [0, 0.05) is 19.1 Å². The molecule has 0 heterocycles. The van der Waals surface area contributed by atoms with Crippen molar-refractivity contribution in [1.82, 2.24) is 4.90 Å². The van der Waals surface area contributed by atoms with Crippen LogP contribution in [0.4, 0.5) is 0 Å². The van der Waals surface area contributed by atoms with Crippen LogP contribution in [0.3, 0.4) is 0 Å². The van der Waals surface area contributed by atoms with Crippen molar-refractivity contribution in [2.75, 3.05) is 19.6 Å². The third kappa shape index (κ3) is 6.76. The zero-order valence-electron chi connectivity index (χ0n) is 13.9. The average molecular weight is 268 g/mol. The van der Waals surface area contributed by atoms with Gasteiger partial charge >= 0.3 is 0 Å². The molecule has 0 aromatic rings. The third-order valence-corrected chi connectivity index (χ3v) is 4.17. The summed E-state index contributed by atoms with van der Waals surface area (Å²) in [6, 6.07) is 0.830. The third-order valence-electron chi connectivity index (χ3n) is 4.17. The van der Waals surface area contributed by atoms with E-state index in [0.717, 1.165) is 18.5 Å². The molecule has 1 aliphatic rings. The van der Waals surface area contributed by atoms with E-state index in [0.29, 0.717) is 11.3 Å². The van der Waals surface area contributed by atoms with Gasteiger partial charge in [-0.05, 0) is 43.1 Å². The first kappa shape index (κ1) is 17.0. The summed E-state index contributed by atoms with van der Waals surface area (Å²) in [5.74, 6) is 1.41. The van der Waals surface area contributed by atoms with E-state index in [-0.39, 0.29) is 0 Å². The lowest BCUT2D eigenvalue weighted by Gasteiger charge is -2.35. The average Bonchev–Trinajstić information content (AvgIpc) is 2.77. The van der Waals surface area contributed by atoms with Crippen molar-refractivity contribution >= 4 is 0 Å². The zero-order valence-corrected chi connectivity index (χ0v) is 13.9. The molecule has 0 amide bonds. The van der Waals surface area contributed by atoms with Crippen LogP contribution in [0.15, 0.2) is 0 Å². The van der Waals surface area contributed by atoms with E-state index < -0.39 is 0 Å². The summed E-state index contributed by atoms with van der Waals surface area (Å²) in [5, 5.41) is 0. The van der Waals surface area contributed by atoms with Crippen molar-refractivity contribution in [3.63, 3.8) is 0 Å². The molecule has 0 aromatic carbocycles. The van der Waals surface area contributed by atoms with Gasteiger partial charge in [-0.15, -0.1) is 0 Å². The first-order valence-corrected chi connectivity index (χ1v) is 8.26. The summed E-state index contributed by atoms with van der Waals surface area (Å²) < 4.78 is 0. The molecule has 0 spiro atoms. The summed E-state index contributed by atoms with van der Waals surface area (Å²) in [7, 11) is 0. The molecule has 2 nitrogen and oxygen atoms in total. The second kappa shape index (κ2) is 7.64. The van der Waals surface area contributed by atoms with Crippen molar-refractivity contribution < 1.29 is 0 Å². The number of hydrogen-bond acceptors (Lipinski definition) is 2. The van der Waals surface area contributed by atoms with E-state index in [9.17, 15) is 0 Å². The largest absolute Gasteiger partial charge is 0.330 e. The Hall–Kier alpha value is -0.0800. The van der Waals surface area contributed by atoms with E-state index in [1.807, 2.05) is 0 Å². The Labute approximate surface area is 121 Å². The maximum absolute atomic E-state index is 6.03. The first-order chi connectivity index (χ1) is 8.81. The Morgan fingerprint density at radius 2 is 1.68 bits per heavy atom. The summed E-state index contributed by atoms with van der Waals surface area (Å²) in [6.07, 6.45) is 6.89. The van der Waals surface area contributed by atoms with Crippen LogP contribution >= 0.6 is 0 Å². The minimum Gasteiger partial charge on any atom is -0.330 e. The zero-order chi connectivity index (χ0) is 14.5. The van der Waals surface area contributed by atoms with E-state index in [1.165, 1.54) is 45.2 Å². The fourth-order valence-electron chi connectivity index (χ4n) is 3.53. The monoisotopic (exact) mass is 268 g/mol. The highest BCUT2D eigenvalue weighted by Gasteiger charge is 2.26. The molecule has 1 unspecified atom stereocenters. The molecule has 0 radical (unpaired) electrons. The van der Waals surface area contributed by atoms with Crippen LogP contribution in [0.5, 0.6) is 0 Å². The predicted molar refractivity (Wildman–Crippen MR) is 85.3 cm³/mol. The van der Waals surface area contributed by atoms with Crippen LogP contribution in [-0.2, 0) is 0 Å². The molecule has 0 saturated heterocycles. The molecule has 114 valence electrons. The topological polar surface area (TPSA) is 29.3 Å². The minimum atomic E-state index is 0.392. The lowest BCUT2D eigenvalue weighted by molar-refractivity contribution is 0.134. The summed E-state index contributed by atoms with van der Waals surface area (Å²) >= 11 is 0. The smallest absolute Gasteiger partial charge is 0.00954 e. The summed E-state index contributed by atoms with van der Waals surface area (Å²) in [4.78, 5) is 2.75. The molecular weight excluding hydrogens is 232 g/mol. The van der Waals surface area contributed by atoms with Gasteiger partial charge in [-0.1, -0.05) is 47.5 Å². The van der Waals surface area contributed by atoms with Crippen molar-refractivity contribution in [3.8, 4) is 0 Å². The number of nitrogens with zero attached hydrogens (tertiary/aromatic N) is 1. The molecule has 2 N–H and O–H groups in total. The summed E-state index contributed by atoms with van der Waals surface area (Å²) in [6.45, 7) is 14.9. The standard InChI is InChI=1S/C17H36N2/c1-14(2)12-19(16-8-6-7-9-16)13-15(11-18)10-17(3,4)5/h14-16H,6-13,18H2,1-5H3. The molecule has 19 heavy (non-hydrogen) atoms. The maximum Gasteiger partial charge on any atom is 0.00954 e. The fourth-order valence-corrected chi connectivity index (χ4v) is 3.53. The van der Waals surface area contributed by atoms with Crippen LogP contribution in [0.25, 0.3) is 0 Å². The van der Waals surface area contributed by atoms with E-state index >= 15 is 0 Å². The molecule has 1 fully saturated rings. The highest BCUT2D eigenvalue weighted by atomic mass is 15.2. The van der Waals surface area contributed by atoms with Crippen LogP contribution < -0.4 is 5.73 Å². The van der Waals surface area contributed by atoms with Gasteiger partial charge in [-0.2, -0.15) is 0 Å². The molecule has 1 saturated carbocycles. The van der Waals surface area contributed by atoms with Crippen LogP contribution in [0.2, 0.25) is 0 Å². The van der Waals surface area contributed by atoms with Gasteiger partial charge in [0.1, 0.15) is 0 Å². The normalized spacial score (nSPS) is 19.6. The molecule has 0 bridgehead atoms. The second-order valence-electron chi connectivity index (χ2n) is 8.15. The van der Waals surface area contributed by atoms with Gasteiger partial charge in [0.15, 0.2) is 0 Å². The molecule has 0 aliphatic heterocycles. The number of rotatable bonds is 7. The Morgan fingerprint density at radius 3 is 2.11 bits per heavy atom. The number of nitrogens with two attached hydrogens (primary N) is 1. The molecular formula is C17H36N2. The Balaban J connectivity index is 2.58. The van der Waals surface area contributed by atoms with Gasteiger partial charge in [0.2, 0.25) is 0 Å². The van der Waals surface area contributed by atoms with Crippen molar-refractivity contribution in [2.45, 2.75) is 72.8 Å². The van der Waals surface area contributed by atoms with Gasteiger partial charge in [0.25, 0.3) is 0 Å².